The Bertz CT molecular complexity index is 837. The Morgan fingerprint density at radius 1 is 1.07 bits per heavy atom. The van der Waals surface area contributed by atoms with E-state index >= 15 is 0 Å². The molecule has 29 heavy (non-hydrogen) atoms. The molecule has 0 unspecified atom stereocenters. The van der Waals surface area contributed by atoms with Gasteiger partial charge in [0.2, 0.25) is 0 Å². The predicted octanol–water partition coefficient (Wildman–Crippen LogP) is 4.18. The van der Waals surface area contributed by atoms with E-state index in [0.717, 1.165) is 5.57 Å². The lowest BCUT2D eigenvalue weighted by Crippen LogP contribution is -2.34. The van der Waals surface area contributed by atoms with Gasteiger partial charge in [0.25, 0.3) is 5.91 Å². The number of anilines is 1. The summed E-state index contributed by atoms with van der Waals surface area (Å²) in [5, 5.41) is 5.84. The molecule has 2 N–H and O–H groups in total. The van der Waals surface area contributed by atoms with Gasteiger partial charge in [-0.1, -0.05) is 18.7 Å². The molecule has 7 heteroatoms. The number of nitrogens with one attached hydrogen (secondary N) is 2. The van der Waals surface area contributed by atoms with Crippen molar-refractivity contribution >= 4 is 28.9 Å². The van der Waals surface area contributed by atoms with Gasteiger partial charge in [-0.25, -0.2) is 0 Å². The number of carbonyl (C=O) groups is 1. The quantitative estimate of drug-likeness (QED) is 0.345. The average molecular weight is 415 g/mol. The lowest BCUT2D eigenvalue weighted by atomic mass is 10.2. The van der Waals surface area contributed by atoms with Gasteiger partial charge in [-0.3, -0.25) is 10.1 Å². The van der Waals surface area contributed by atoms with Gasteiger partial charge in [0, 0.05) is 12.2 Å². The van der Waals surface area contributed by atoms with Crippen molar-refractivity contribution in [3.63, 3.8) is 0 Å². The van der Waals surface area contributed by atoms with Crippen molar-refractivity contribution in [1.29, 1.82) is 0 Å². The number of rotatable bonds is 10. The summed E-state index contributed by atoms with van der Waals surface area (Å²) in [6.45, 7) is 9.67. The van der Waals surface area contributed by atoms with Crippen molar-refractivity contribution in [2.24, 2.45) is 0 Å². The predicted molar refractivity (Wildman–Crippen MR) is 119 cm³/mol. The number of hydrogen-bond acceptors (Lipinski definition) is 5. The van der Waals surface area contributed by atoms with Crippen LogP contribution in [0.5, 0.6) is 11.5 Å². The van der Waals surface area contributed by atoms with Crippen LogP contribution in [0.2, 0.25) is 0 Å². The second-order valence-electron chi connectivity index (χ2n) is 6.22. The van der Waals surface area contributed by atoms with E-state index in [9.17, 15) is 4.79 Å². The minimum atomic E-state index is -0.316. The number of amides is 1. The number of para-hydroxylation sites is 2. The zero-order valence-electron chi connectivity index (χ0n) is 16.7. The first-order valence-electron chi connectivity index (χ1n) is 9.28. The van der Waals surface area contributed by atoms with Crippen LogP contribution in [0.15, 0.2) is 60.7 Å². The highest BCUT2D eigenvalue weighted by atomic mass is 32.1. The van der Waals surface area contributed by atoms with E-state index < -0.39 is 0 Å². The van der Waals surface area contributed by atoms with Crippen LogP contribution < -0.4 is 20.1 Å². The monoisotopic (exact) mass is 414 g/mol. The van der Waals surface area contributed by atoms with Gasteiger partial charge >= 0.3 is 0 Å². The molecule has 2 aromatic rings. The van der Waals surface area contributed by atoms with Gasteiger partial charge in [-0.05, 0) is 68.0 Å². The third-order valence-corrected chi connectivity index (χ3v) is 3.86. The summed E-state index contributed by atoms with van der Waals surface area (Å²) < 4.78 is 16.5. The second kappa shape index (κ2) is 11.8. The summed E-state index contributed by atoms with van der Waals surface area (Å²) in [6.07, 6.45) is 0. The van der Waals surface area contributed by atoms with Crippen molar-refractivity contribution in [2.75, 3.05) is 31.7 Å². The molecule has 0 bridgehead atoms. The molecule has 0 spiro atoms. The van der Waals surface area contributed by atoms with E-state index in [0.29, 0.717) is 49.2 Å². The summed E-state index contributed by atoms with van der Waals surface area (Å²) in [6, 6.07) is 14.2. The van der Waals surface area contributed by atoms with Crippen LogP contribution in [0, 0.1) is 0 Å². The van der Waals surface area contributed by atoms with Gasteiger partial charge in [0.15, 0.2) is 5.11 Å². The van der Waals surface area contributed by atoms with Gasteiger partial charge < -0.3 is 19.5 Å². The third kappa shape index (κ3) is 7.93. The van der Waals surface area contributed by atoms with E-state index in [1.165, 1.54) is 0 Å². The topological polar surface area (TPSA) is 68.8 Å². The van der Waals surface area contributed by atoms with E-state index in [-0.39, 0.29) is 11.0 Å². The molecule has 0 fully saturated rings. The molecule has 6 nitrogen and oxygen atoms in total. The largest absolute Gasteiger partial charge is 0.491 e. The van der Waals surface area contributed by atoms with Crippen molar-refractivity contribution in [3.05, 3.63) is 66.2 Å². The van der Waals surface area contributed by atoms with Gasteiger partial charge in [-0.2, -0.15) is 0 Å². The fraction of sp³-hybridized carbons (Fsp3) is 0.273. The highest BCUT2D eigenvalue weighted by molar-refractivity contribution is 7.80. The van der Waals surface area contributed by atoms with E-state index in [4.69, 9.17) is 26.4 Å². The molecule has 0 heterocycles. The molecule has 0 saturated carbocycles. The lowest BCUT2D eigenvalue weighted by molar-refractivity contribution is 0.0977. The molecule has 0 aliphatic carbocycles. The molecular formula is C22H26N2O4S. The van der Waals surface area contributed by atoms with Crippen molar-refractivity contribution in [2.45, 2.75) is 13.8 Å². The summed E-state index contributed by atoms with van der Waals surface area (Å²) >= 11 is 5.26. The number of benzene rings is 2. The first kappa shape index (κ1) is 22.4. The highest BCUT2D eigenvalue weighted by Crippen LogP contribution is 2.24. The van der Waals surface area contributed by atoms with Crippen molar-refractivity contribution in [1.82, 2.24) is 5.32 Å². The van der Waals surface area contributed by atoms with Gasteiger partial charge in [-0.15, -0.1) is 0 Å². The summed E-state index contributed by atoms with van der Waals surface area (Å²) in [5.74, 6) is 0.981. The van der Waals surface area contributed by atoms with Crippen LogP contribution in [-0.2, 0) is 4.74 Å². The van der Waals surface area contributed by atoms with Crippen LogP contribution in [0.1, 0.15) is 24.2 Å². The fourth-order valence-corrected chi connectivity index (χ4v) is 2.49. The average Bonchev–Trinajstić information content (AvgIpc) is 2.71. The van der Waals surface area contributed by atoms with Crippen molar-refractivity contribution < 1.29 is 19.0 Å². The molecule has 0 aromatic heterocycles. The van der Waals surface area contributed by atoms with Gasteiger partial charge in [0.05, 0.1) is 12.3 Å². The van der Waals surface area contributed by atoms with Crippen LogP contribution in [-0.4, -0.2) is 37.4 Å². The van der Waals surface area contributed by atoms with Gasteiger partial charge in [0.1, 0.15) is 24.7 Å². The van der Waals surface area contributed by atoms with Crippen LogP contribution >= 0.6 is 12.2 Å². The summed E-state index contributed by atoms with van der Waals surface area (Å²) in [5.41, 5.74) is 2.04. The number of carbonyl (C=O) groups excluding carboxylic acids is 1. The first-order chi connectivity index (χ1) is 14.0. The number of hydrogen-bond donors (Lipinski definition) is 2. The summed E-state index contributed by atoms with van der Waals surface area (Å²) in [7, 11) is 0. The molecule has 0 atom stereocenters. The first-order valence-corrected chi connectivity index (χ1v) is 9.69. The molecule has 2 rings (SSSR count). The minimum absolute atomic E-state index is 0.179. The summed E-state index contributed by atoms with van der Waals surface area (Å²) in [4.78, 5) is 12.4. The fourth-order valence-electron chi connectivity index (χ4n) is 2.29. The van der Waals surface area contributed by atoms with Crippen LogP contribution in [0.4, 0.5) is 5.69 Å². The molecule has 0 aliphatic heterocycles. The van der Waals surface area contributed by atoms with E-state index in [2.05, 4.69) is 17.2 Å². The molecule has 1 amide bonds. The Morgan fingerprint density at radius 2 is 1.79 bits per heavy atom. The minimum Gasteiger partial charge on any atom is -0.491 e. The van der Waals surface area contributed by atoms with E-state index in [1.54, 1.807) is 24.3 Å². The molecule has 2 aromatic carbocycles. The number of ether oxygens (including phenoxy) is 3. The van der Waals surface area contributed by atoms with E-state index in [1.807, 2.05) is 38.1 Å². The lowest BCUT2D eigenvalue weighted by Gasteiger charge is -2.14. The smallest absolute Gasteiger partial charge is 0.257 e. The Hall–Kier alpha value is -2.90. The maximum absolute atomic E-state index is 12.4. The zero-order chi connectivity index (χ0) is 21.1. The standard InChI is InChI=1S/C22H26N2O4S/c1-4-26-13-14-27-18-11-9-17(10-12-18)21(25)24-22(29)23-19-7-5-6-8-20(19)28-15-16(2)3/h5-12H,2,4,13-15H2,1,3H3,(H2,23,24,25,29). The zero-order valence-corrected chi connectivity index (χ0v) is 17.5. The second-order valence-corrected chi connectivity index (χ2v) is 6.63. The van der Waals surface area contributed by atoms with Crippen LogP contribution in [0.25, 0.3) is 0 Å². The normalized spacial score (nSPS) is 10.1. The SMILES string of the molecule is C=C(C)COc1ccccc1NC(=S)NC(=O)c1ccc(OCCOCC)cc1. The van der Waals surface area contributed by atoms with Crippen LogP contribution in [0.3, 0.4) is 0 Å². The molecule has 0 radical (unpaired) electrons. The third-order valence-electron chi connectivity index (χ3n) is 3.65. The maximum atomic E-state index is 12.4. The number of thiocarbonyl (C=S) groups is 1. The van der Waals surface area contributed by atoms with Crippen molar-refractivity contribution in [3.8, 4) is 11.5 Å². The Kier molecular flexibility index (Phi) is 9.14. The Labute approximate surface area is 176 Å². The molecular weight excluding hydrogens is 388 g/mol. The highest BCUT2D eigenvalue weighted by Gasteiger charge is 2.10. The maximum Gasteiger partial charge on any atom is 0.257 e. The Balaban J connectivity index is 1.89. The Morgan fingerprint density at radius 3 is 2.48 bits per heavy atom. The molecule has 154 valence electrons. The molecule has 0 saturated heterocycles. The molecule has 0 aliphatic rings.